The van der Waals surface area contributed by atoms with E-state index in [1.807, 2.05) is 12.1 Å². The van der Waals surface area contributed by atoms with Crippen LogP contribution in [0.15, 0.2) is 22.7 Å². The first-order valence-electron chi connectivity index (χ1n) is 5.79. The molecule has 3 heteroatoms. The van der Waals surface area contributed by atoms with Gasteiger partial charge in [-0.3, -0.25) is 0 Å². The van der Waals surface area contributed by atoms with E-state index in [0.717, 1.165) is 28.7 Å². The summed E-state index contributed by atoms with van der Waals surface area (Å²) in [6, 6.07) is 6.59. The summed E-state index contributed by atoms with van der Waals surface area (Å²) in [7, 11) is 0. The van der Waals surface area contributed by atoms with Crippen LogP contribution in [0.4, 0.5) is 5.69 Å². The van der Waals surface area contributed by atoms with Crippen molar-refractivity contribution in [2.75, 3.05) is 11.4 Å². The van der Waals surface area contributed by atoms with E-state index < -0.39 is 0 Å². The highest BCUT2D eigenvalue weighted by Crippen LogP contribution is 2.26. The molecule has 0 heterocycles. The van der Waals surface area contributed by atoms with Crippen molar-refractivity contribution in [3.8, 4) is 0 Å². The van der Waals surface area contributed by atoms with E-state index >= 15 is 0 Å². The Morgan fingerprint density at radius 3 is 2.56 bits per heavy atom. The number of nitrogens with zero attached hydrogens (tertiary/aromatic N) is 1. The number of anilines is 1. The van der Waals surface area contributed by atoms with Crippen molar-refractivity contribution in [2.24, 2.45) is 0 Å². The van der Waals surface area contributed by atoms with Crippen LogP contribution >= 0.6 is 15.9 Å². The fourth-order valence-corrected chi connectivity index (χ4v) is 2.31. The number of benzene rings is 1. The summed E-state index contributed by atoms with van der Waals surface area (Å²) in [5, 5.41) is 9.39. The lowest BCUT2D eigenvalue weighted by Gasteiger charge is -2.31. The van der Waals surface area contributed by atoms with Crippen LogP contribution in [0.25, 0.3) is 0 Å². The van der Waals surface area contributed by atoms with E-state index in [1.54, 1.807) is 0 Å². The molecule has 1 aromatic carbocycles. The molecule has 0 radical (unpaired) electrons. The highest BCUT2D eigenvalue weighted by molar-refractivity contribution is 9.10. The summed E-state index contributed by atoms with van der Waals surface area (Å²) >= 11 is 3.43. The highest BCUT2D eigenvalue weighted by Gasteiger charge is 2.14. The molecule has 1 unspecified atom stereocenters. The van der Waals surface area contributed by atoms with Crippen molar-refractivity contribution in [3.05, 3.63) is 28.2 Å². The second-order valence-corrected chi connectivity index (χ2v) is 4.89. The Labute approximate surface area is 106 Å². The second-order valence-electron chi connectivity index (χ2n) is 3.97. The number of rotatable bonds is 5. The third kappa shape index (κ3) is 2.98. The van der Waals surface area contributed by atoms with E-state index in [2.05, 4.69) is 47.7 Å². The summed E-state index contributed by atoms with van der Waals surface area (Å²) in [5.74, 6) is 0. The van der Waals surface area contributed by atoms with Gasteiger partial charge >= 0.3 is 0 Å². The standard InChI is InChI=1S/C13H20BrNO/c1-4-10(3)15(5-2)13-7-6-12(14)8-11(13)9-16/h6-8,10,16H,4-5,9H2,1-3H3. The molecule has 16 heavy (non-hydrogen) atoms. The molecule has 0 saturated heterocycles. The lowest BCUT2D eigenvalue weighted by molar-refractivity contribution is 0.281. The minimum absolute atomic E-state index is 0.0850. The quantitative estimate of drug-likeness (QED) is 0.894. The predicted molar refractivity (Wildman–Crippen MR) is 72.8 cm³/mol. The molecule has 0 saturated carbocycles. The molecule has 1 rings (SSSR count). The molecule has 0 aromatic heterocycles. The first-order chi connectivity index (χ1) is 7.63. The van der Waals surface area contributed by atoms with Crippen LogP contribution in [0.1, 0.15) is 32.8 Å². The van der Waals surface area contributed by atoms with Gasteiger partial charge in [-0.05, 0) is 38.5 Å². The summed E-state index contributed by atoms with van der Waals surface area (Å²) in [5.41, 5.74) is 2.12. The van der Waals surface area contributed by atoms with Gasteiger partial charge in [-0.25, -0.2) is 0 Å². The summed E-state index contributed by atoms with van der Waals surface area (Å²) in [6.07, 6.45) is 1.11. The molecule has 1 N–H and O–H groups in total. The van der Waals surface area contributed by atoms with E-state index in [0.29, 0.717) is 6.04 Å². The van der Waals surface area contributed by atoms with Gasteiger partial charge in [-0.15, -0.1) is 0 Å². The molecule has 0 fully saturated rings. The number of aliphatic hydroxyl groups excluding tert-OH is 1. The molecule has 0 aliphatic rings. The fourth-order valence-electron chi connectivity index (χ4n) is 1.90. The van der Waals surface area contributed by atoms with Crippen molar-refractivity contribution in [1.82, 2.24) is 0 Å². The van der Waals surface area contributed by atoms with E-state index in [1.165, 1.54) is 0 Å². The summed E-state index contributed by atoms with van der Waals surface area (Å²) < 4.78 is 1.01. The molecule has 0 spiro atoms. The van der Waals surface area contributed by atoms with Gasteiger partial charge in [0, 0.05) is 28.3 Å². The normalized spacial score (nSPS) is 12.6. The molecule has 1 aromatic rings. The molecular weight excluding hydrogens is 266 g/mol. The van der Waals surface area contributed by atoms with Gasteiger partial charge in [-0.2, -0.15) is 0 Å². The van der Waals surface area contributed by atoms with E-state index in [4.69, 9.17) is 0 Å². The lowest BCUT2D eigenvalue weighted by Crippen LogP contribution is -2.33. The van der Waals surface area contributed by atoms with Gasteiger partial charge in [0.1, 0.15) is 0 Å². The Bertz CT molecular complexity index is 341. The van der Waals surface area contributed by atoms with Crippen molar-refractivity contribution >= 4 is 21.6 Å². The largest absolute Gasteiger partial charge is 0.392 e. The topological polar surface area (TPSA) is 23.5 Å². The van der Waals surface area contributed by atoms with Crippen LogP contribution in [-0.2, 0) is 6.61 Å². The zero-order valence-corrected chi connectivity index (χ0v) is 11.8. The van der Waals surface area contributed by atoms with E-state index in [-0.39, 0.29) is 6.61 Å². The van der Waals surface area contributed by atoms with Gasteiger partial charge in [0.15, 0.2) is 0 Å². The molecule has 1 atom stereocenters. The maximum absolute atomic E-state index is 9.39. The van der Waals surface area contributed by atoms with Gasteiger partial charge in [0.05, 0.1) is 6.61 Å². The first-order valence-corrected chi connectivity index (χ1v) is 6.59. The monoisotopic (exact) mass is 285 g/mol. The molecular formula is C13H20BrNO. The number of hydrogen-bond donors (Lipinski definition) is 1. The van der Waals surface area contributed by atoms with Crippen molar-refractivity contribution < 1.29 is 5.11 Å². The van der Waals surface area contributed by atoms with Gasteiger partial charge in [0.2, 0.25) is 0 Å². The molecule has 0 aliphatic heterocycles. The fraction of sp³-hybridized carbons (Fsp3) is 0.538. The number of aliphatic hydroxyl groups is 1. The second kappa shape index (κ2) is 6.26. The Hall–Kier alpha value is -0.540. The number of halogens is 1. The van der Waals surface area contributed by atoms with Crippen molar-refractivity contribution in [2.45, 2.75) is 39.8 Å². The molecule has 0 bridgehead atoms. The zero-order valence-electron chi connectivity index (χ0n) is 10.2. The van der Waals surface area contributed by atoms with Crippen LogP contribution in [-0.4, -0.2) is 17.7 Å². The van der Waals surface area contributed by atoms with Crippen molar-refractivity contribution in [1.29, 1.82) is 0 Å². The maximum Gasteiger partial charge on any atom is 0.0702 e. The van der Waals surface area contributed by atoms with Crippen LogP contribution in [0.5, 0.6) is 0 Å². The predicted octanol–water partition coefficient (Wildman–Crippen LogP) is 3.57. The van der Waals surface area contributed by atoms with Crippen molar-refractivity contribution in [3.63, 3.8) is 0 Å². The van der Waals surface area contributed by atoms with Gasteiger partial charge in [-0.1, -0.05) is 22.9 Å². The van der Waals surface area contributed by atoms with Gasteiger partial charge in [0.25, 0.3) is 0 Å². The smallest absolute Gasteiger partial charge is 0.0702 e. The van der Waals surface area contributed by atoms with Crippen LogP contribution in [0, 0.1) is 0 Å². The third-order valence-corrected chi connectivity index (χ3v) is 3.48. The third-order valence-electron chi connectivity index (χ3n) is 2.98. The minimum atomic E-state index is 0.0850. The molecule has 0 aliphatic carbocycles. The highest BCUT2D eigenvalue weighted by atomic mass is 79.9. The Morgan fingerprint density at radius 1 is 1.38 bits per heavy atom. The Balaban J connectivity index is 3.08. The summed E-state index contributed by atoms with van der Waals surface area (Å²) in [4.78, 5) is 2.33. The van der Waals surface area contributed by atoms with E-state index in [9.17, 15) is 5.11 Å². The van der Waals surface area contributed by atoms with Gasteiger partial charge < -0.3 is 10.0 Å². The maximum atomic E-state index is 9.39. The Morgan fingerprint density at radius 2 is 2.06 bits per heavy atom. The van der Waals surface area contributed by atoms with Crippen LogP contribution < -0.4 is 4.90 Å². The average molecular weight is 286 g/mol. The number of hydrogen-bond acceptors (Lipinski definition) is 2. The zero-order chi connectivity index (χ0) is 12.1. The lowest BCUT2D eigenvalue weighted by atomic mass is 10.1. The van der Waals surface area contributed by atoms with Crippen LogP contribution in [0.3, 0.4) is 0 Å². The summed E-state index contributed by atoms with van der Waals surface area (Å²) in [6.45, 7) is 7.60. The molecule has 0 amide bonds. The first kappa shape index (κ1) is 13.5. The molecule has 2 nitrogen and oxygen atoms in total. The van der Waals surface area contributed by atoms with Crippen LogP contribution in [0.2, 0.25) is 0 Å². The SMILES string of the molecule is CCC(C)N(CC)c1ccc(Br)cc1CO. The molecule has 90 valence electrons. The average Bonchev–Trinajstić information content (AvgIpc) is 2.31. The minimum Gasteiger partial charge on any atom is -0.392 e. The Kier molecular flexibility index (Phi) is 5.29.